The van der Waals surface area contributed by atoms with Gasteiger partial charge in [0.25, 0.3) is 0 Å². The van der Waals surface area contributed by atoms with E-state index in [1.54, 1.807) is 0 Å². The molecule has 1 aliphatic heterocycles. The Morgan fingerprint density at radius 2 is 1.67 bits per heavy atom. The van der Waals surface area contributed by atoms with Crippen molar-refractivity contribution in [3.63, 3.8) is 0 Å². The molecule has 1 saturated heterocycles. The van der Waals surface area contributed by atoms with E-state index >= 15 is 0 Å². The smallest absolute Gasteiger partial charge is 0.162 e. The molecule has 0 aliphatic carbocycles. The van der Waals surface area contributed by atoms with Crippen LogP contribution in [0.25, 0.3) is 0 Å². The number of aliphatic hydroxyl groups is 1. The van der Waals surface area contributed by atoms with Crippen LogP contribution in [0, 0.1) is 0 Å². The van der Waals surface area contributed by atoms with Crippen LogP contribution in [0.2, 0.25) is 5.02 Å². The fourth-order valence-corrected chi connectivity index (χ4v) is 3.83. The van der Waals surface area contributed by atoms with Crippen LogP contribution in [0.5, 0.6) is 0 Å². The van der Waals surface area contributed by atoms with Gasteiger partial charge in [-0.3, -0.25) is 4.79 Å². The number of carbonyl (C=O) groups excluding carboxylic acids is 1. The van der Waals surface area contributed by atoms with E-state index in [2.05, 4.69) is 20.8 Å². The van der Waals surface area contributed by atoms with Crippen molar-refractivity contribution in [3.05, 3.63) is 69.2 Å². The summed E-state index contributed by atoms with van der Waals surface area (Å²) < 4.78 is 0.982. The van der Waals surface area contributed by atoms with Gasteiger partial charge in [-0.1, -0.05) is 51.8 Å². The summed E-state index contributed by atoms with van der Waals surface area (Å²) in [5, 5.41) is 11.6. The first-order chi connectivity index (χ1) is 12.5. The van der Waals surface area contributed by atoms with E-state index in [-0.39, 0.29) is 18.2 Å². The summed E-state index contributed by atoms with van der Waals surface area (Å²) in [5.41, 5.74) is 0.935. The highest BCUT2D eigenvalue weighted by Crippen LogP contribution is 2.33. The van der Waals surface area contributed by atoms with Crippen LogP contribution in [0.15, 0.2) is 53.0 Å². The molecule has 1 heterocycles. The zero-order chi connectivity index (χ0) is 18.6. The number of benzene rings is 2. The minimum Gasteiger partial charge on any atom is -0.385 e. The van der Waals surface area contributed by atoms with Crippen molar-refractivity contribution < 1.29 is 9.90 Å². The molecule has 0 bridgehead atoms. The molecule has 146 valence electrons. The van der Waals surface area contributed by atoms with Crippen molar-refractivity contribution >= 4 is 45.7 Å². The summed E-state index contributed by atoms with van der Waals surface area (Å²) in [6.07, 6.45) is 2.80. The minimum absolute atomic E-state index is 0. The summed E-state index contributed by atoms with van der Waals surface area (Å²) >= 11 is 9.32. The van der Waals surface area contributed by atoms with E-state index in [1.165, 1.54) is 0 Å². The molecule has 3 rings (SSSR count). The molecule has 1 aliphatic rings. The molecule has 0 spiro atoms. The highest BCUT2D eigenvalue weighted by molar-refractivity contribution is 9.10. The normalized spacial score (nSPS) is 16.6. The SMILES string of the molecule is Cl.O=C(CCCN1CCC(O)(c2ccc(Cl)cc2)CC1)c1ccc(Br)cc1. The van der Waals surface area contributed by atoms with Crippen molar-refractivity contribution in [2.45, 2.75) is 31.3 Å². The second kappa shape index (κ2) is 10.0. The zero-order valence-electron chi connectivity index (χ0n) is 15.0. The van der Waals surface area contributed by atoms with Gasteiger partial charge in [0.1, 0.15) is 0 Å². The Hall–Kier alpha value is -0.910. The Morgan fingerprint density at radius 3 is 2.26 bits per heavy atom. The van der Waals surface area contributed by atoms with Crippen molar-refractivity contribution in [2.24, 2.45) is 0 Å². The molecule has 0 unspecified atom stereocenters. The highest BCUT2D eigenvalue weighted by Gasteiger charge is 2.33. The summed E-state index contributed by atoms with van der Waals surface area (Å²) in [6, 6.07) is 15.0. The summed E-state index contributed by atoms with van der Waals surface area (Å²) in [4.78, 5) is 14.6. The Balaban J connectivity index is 0.00000261. The maximum absolute atomic E-state index is 12.2. The van der Waals surface area contributed by atoms with Crippen LogP contribution in [-0.2, 0) is 5.60 Å². The number of halogens is 3. The van der Waals surface area contributed by atoms with Crippen LogP contribution in [0.3, 0.4) is 0 Å². The van der Waals surface area contributed by atoms with Crippen molar-refractivity contribution in [3.8, 4) is 0 Å². The molecule has 3 nitrogen and oxygen atoms in total. The van der Waals surface area contributed by atoms with Gasteiger partial charge in [0.05, 0.1) is 5.60 Å². The average Bonchev–Trinajstić information content (AvgIpc) is 2.64. The third-order valence-corrected chi connectivity index (χ3v) is 5.89. The summed E-state index contributed by atoms with van der Waals surface area (Å²) in [6.45, 7) is 2.57. The molecule has 0 radical (unpaired) electrons. The van der Waals surface area contributed by atoms with Crippen LogP contribution in [0.1, 0.15) is 41.6 Å². The minimum atomic E-state index is -0.770. The number of ketones is 1. The summed E-state index contributed by atoms with van der Waals surface area (Å²) in [5.74, 6) is 0.187. The number of rotatable bonds is 6. The lowest BCUT2D eigenvalue weighted by molar-refractivity contribution is -0.0260. The fourth-order valence-electron chi connectivity index (χ4n) is 3.44. The maximum Gasteiger partial charge on any atom is 0.162 e. The quantitative estimate of drug-likeness (QED) is 0.566. The number of nitrogens with zero attached hydrogens (tertiary/aromatic N) is 1. The molecule has 1 N–H and O–H groups in total. The molecule has 0 amide bonds. The van der Waals surface area contributed by atoms with Gasteiger partial charge in [-0.05, 0) is 55.6 Å². The predicted molar refractivity (Wildman–Crippen MR) is 116 cm³/mol. The standard InChI is InChI=1S/C21H23BrClNO2.ClH/c22-18-7-3-16(4-8-18)20(25)2-1-13-24-14-11-21(26,12-15-24)17-5-9-19(23)10-6-17;/h3-10,26H,1-2,11-15H2;1H. The molecule has 0 saturated carbocycles. The molecule has 1 fully saturated rings. The van der Waals surface area contributed by atoms with Crippen LogP contribution >= 0.6 is 39.9 Å². The second-order valence-electron chi connectivity index (χ2n) is 6.91. The number of hydrogen-bond donors (Lipinski definition) is 1. The van der Waals surface area contributed by atoms with Gasteiger partial charge in [-0.25, -0.2) is 0 Å². The topological polar surface area (TPSA) is 40.5 Å². The van der Waals surface area contributed by atoms with Gasteiger partial charge < -0.3 is 10.0 Å². The average molecular weight is 473 g/mol. The lowest BCUT2D eigenvalue weighted by atomic mass is 9.84. The molecular formula is C21H24BrCl2NO2. The second-order valence-corrected chi connectivity index (χ2v) is 8.27. The van der Waals surface area contributed by atoms with Crippen molar-refractivity contribution in [2.75, 3.05) is 19.6 Å². The number of Topliss-reactive ketones (excluding diaryl/α,β-unsaturated/α-hetero) is 1. The molecule has 27 heavy (non-hydrogen) atoms. The first-order valence-electron chi connectivity index (χ1n) is 8.96. The number of likely N-dealkylation sites (tertiary alicyclic amines) is 1. The van der Waals surface area contributed by atoms with Crippen molar-refractivity contribution in [1.29, 1.82) is 0 Å². The van der Waals surface area contributed by atoms with Gasteiger partial charge >= 0.3 is 0 Å². The number of hydrogen-bond acceptors (Lipinski definition) is 3. The Kier molecular flexibility index (Phi) is 8.32. The van der Waals surface area contributed by atoms with E-state index in [0.717, 1.165) is 41.7 Å². The molecule has 0 atom stereocenters. The molecule has 0 aromatic heterocycles. The molecule has 2 aromatic rings. The predicted octanol–water partition coefficient (Wildman–Crippen LogP) is 5.47. The molecular weight excluding hydrogens is 449 g/mol. The van der Waals surface area contributed by atoms with E-state index in [0.29, 0.717) is 24.3 Å². The first-order valence-corrected chi connectivity index (χ1v) is 10.1. The monoisotopic (exact) mass is 471 g/mol. The lowest BCUT2D eigenvalue weighted by Gasteiger charge is -2.38. The van der Waals surface area contributed by atoms with E-state index in [9.17, 15) is 9.90 Å². The largest absolute Gasteiger partial charge is 0.385 e. The fraction of sp³-hybridized carbons (Fsp3) is 0.381. The number of carbonyl (C=O) groups is 1. The van der Waals surface area contributed by atoms with E-state index in [1.807, 2.05) is 48.5 Å². The van der Waals surface area contributed by atoms with Gasteiger partial charge in [-0.2, -0.15) is 0 Å². The zero-order valence-corrected chi connectivity index (χ0v) is 18.2. The van der Waals surface area contributed by atoms with E-state index < -0.39 is 5.60 Å². The maximum atomic E-state index is 12.2. The highest BCUT2D eigenvalue weighted by atomic mass is 79.9. The lowest BCUT2D eigenvalue weighted by Crippen LogP contribution is -2.42. The van der Waals surface area contributed by atoms with E-state index in [4.69, 9.17) is 11.6 Å². The van der Waals surface area contributed by atoms with Crippen LogP contribution in [-0.4, -0.2) is 35.4 Å². The number of piperidine rings is 1. The third kappa shape index (κ3) is 6.03. The van der Waals surface area contributed by atoms with Crippen molar-refractivity contribution in [1.82, 2.24) is 4.90 Å². The van der Waals surface area contributed by atoms with Gasteiger partial charge in [0.15, 0.2) is 5.78 Å². The summed E-state index contributed by atoms with van der Waals surface area (Å²) in [7, 11) is 0. The Morgan fingerprint density at radius 1 is 1.07 bits per heavy atom. The molecule has 6 heteroatoms. The van der Waals surface area contributed by atoms with Gasteiger partial charge in [0.2, 0.25) is 0 Å². The third-order valence-electron chi connectivity index (χ3n) is 5.11. The van der Waals surface area contributed by atoms with Crippen LogP contribution < -0.4 is 0 Å². The first kappa shape index (κ1) is 22.4. The molecule has 2 aromatic carbocycles. The Bertz CT molecular complexity index is 742. The van der Waals surface area contributed by atoms with Gasteiger partial charge in [0, 0.05) is 34.6 Å². The van der Waals surface area contributed by atoms with Gasteiger partial charge in [-0.15, -0.1) is 12.4 Å². The Labute approximate surface area is 180 Å². The van der Waals surface area contributed by atoms with Crippen LogP contribution in [0.4, 0.5) is 0 Å².